The average molecular weight is 513 g/mol. The minimum Gasteiger partial charge on any atom is -0.495 e. The van der Waals surface area contributed by atoms with Crippen molar-refractivity contribution in [2.75, 3.05) is 12.0 Å². The summed E-state index contributed by atoms with van der Waals surface area (Å²) in [7, 11) is 1.38. The Bertz CT molecular complexity index is 1530. The number of ether oxygens (including phenoxy) is 2. The molecule has 0 bridgehead atoms. The number of nitro groups is 1. The topological polar surface area (TPSA) is 145 Å². The molecule has 0 aliphatic carbocycles. The van der Waals surface area contributed by atoms with Gasteiger partial charge in [0.1, 0.15) is 17.1 Å². The van der Waals surface area contributed by atoms with Gasteiger partial charge in [0.25, 0.3) is 17.5 Å². The van der Waals surface area contributed by atoms with Crippen LogP contribution in [-0.2, 0) is 14.4 Å². The molecular weight excluding hydrogens is 494 g/mol. The lowest BCUT2D eigenvalue weighted by atomic mass is 10.1. The van der Waals surface area contributed by atoms with Gasteiger partial charge in [-0.1, -0.05) is 42.5 Å². The molecule has 0 radical (unpaired) electrons. The number of benzene rings is 3. The quantitative estimate of drug-likeness (QED) is 0.125. The van der Waals surface area contributed by atoms with Crippen LogP contribution in [0.4, 0.5) is 16.2 Å². The Kier molecular flexibility index (Phi) is 7.38. The fraction of sp³-hybridized carbons (Fsp3) is 0.0370. The molecular formula is C27H19N3O8. The van der Waals surface area contributed by atoms with E-state index in [2.05, 4.69) is 5.32 Å². The molecule has 1 fully saturated rings. The third-order valence-corrected chi connectivity index (χ3v) is 5.35. The number of anilines is 1. The van der Waals surface area contributed by atoms with Crippen molar-refractivity contribution in [3.05, 3.63) is 106 Å². The molecule has 0 aromatic heterocycles. The van der Waals surface area contributed by atoms with Crippen LogP contribution in [0.3, 0.4) is 0 Å². The summed E-state index contributed by atoms with van der Waals surface area (Å²) in [5, 5.41) is 13.1. The Balaban J connectivity index is 1.60. The first-order valence-electron chi connectivity index (χ1n) is 11.1. The van der Waals surface area contributed by atoms with Gasteiger partial charge in [0, 0.05) is 23.8 Å². The van der Waals surface area contributed by atoms with E-state index in [1.807, 2.05) is 0 Å². The summed E-state index contributed by atoms with van der Waals surface area (Å²) in [6, 6.07) is 17.2. The number of nitrogens with zero attached hydrogens (tertiary/aromatic N) is 2. The zero-order valence-corrected chi connectivity index (χ0v) is 19.8. The molecule has 1 aliphatic heterocycles. The maximum atomic E-state index is 13.2. The number of carbonyl (C=O) groups excluding carboxylic acids is 4. The molecule has 3 aromatic carbocycles. The van der Waals surface area contributed by atoms with E-state index in [4.69, 9.17) is 9.47 Å². The zero-order chi connectivity index (χ0) is 27.2. The molecule has 0 saturated carbocycles. The van der Waals surface area contributed by atoms with Crippen LogP contribution in [0.5, 0.6) is 11.5 Å². The lowest BCUT2D eigenvalue weighted by molar-refractivity contribution is -0.384. The Labute approximate surface area is 215 Å². The summed E-state index contributed by atoms with van der Waals surface area (Å²) < 4.78 is 10.6. The number of rotatable bonds is 7. The van der Waals surface area contributed by atoms with Crippen molar-refractivity contribution in [1.29, 1.82) is 0 Å². The number of non-ortho nitro benzene ring substituents is 1. The number of methoxy groups -OCH3 is 1. The summed E-state index contributed by atoms with van der Waals surface area (Å²) in [6.07, 6.45) is 3.65. The van der Waals surface area contributed by atoms with Crippen molar-refractivity contribution < 1.29 is 33.6 Å². The Morgan fingerprint density at radius 1 is 0.974 bits per heavy atom. The molecule has 11 heteroatoms. The Morgan fingerprint density at radius 3 is 2.42 bits per heavy atom. The van der Waals surface area contributed by atoms with E-state index in [0.29, 0.717) is 5.56 Å². The van der Waals surface area contributed by atoms with Crippen LogP contribution >= 0.6 is 0 Å². The summed E-state index contributed by atoms with van der Waals surface area (Å²) >= 11 is 0. The number of esters is 1. The molecule has 1 N–H and O–H groups in total. The maximum Gasteiger partial charge on any atom is 0.336 e. The van der Waals surface area contributed by atoms with Gasteiger partial charge in [-0.15, -0.1) is 0 Å². The number of imide groups is 2. The van der Waals surface area contributed by atoms with Crippen molar-refractivity contribution in [2.24, 2.45) is 0 Å². The lowest BCUT2D eigenvalue weighted by Crippen LogP contribution is -2.54. The van der Waals surface area contributed by atoms with Crippen LogP contribution < -0.4 is 19.7 Å². The van der Waals surface area contributed by atoms with E-state index >= 15 is 0 Å². The Hall–Kier alpha value is -5.58. The van der Waals surface area contributed by atoms with Gasteiger partial charge >= 0.3 is 12.0 Å². The Morgan fingerprint density at radius 2 is 1.68 bits per heavy atom. The van der Waals surface area contributed by atoms with Gasteiger partial charge in [0.05, 0.1) is 17.7 Å². The molecule has 38 heavy (non-hydrogen) atoms. The number of nitrogens with one attached hydrogen (secondary N) is 1. The highest BCUT2D eigenvalue weighted by atomic mass is 16.6. The van der Waals surface area contributed by atoms with E-state index in [-0.39, 0.29) is 34.0 Å². The molecule has 11 nitrogen and oxygen atoms in total. The van der Waals surface area contributed by atoms with Crippen molar-refractivity contribution in [2.45, 2.75) is 0 Å². The first kappa shape index (κ1) is 25.5. The highest BCUT2D eigenvalue weighted by molar-refractivity contribution is 6.39. The van der Waals surface area contributed by atoms with Gasteiger partial charge in [0.2, 0.25) is 0 Å². The SMILES string of the molecule is COc1ccccc1N1C(=O)NC(=O)/C(=C/c2ccccc2OC(=O)/C=C/c2cccc([N+](=O)[O-])c2)C1=O. The highest BCUT2D eigenvalue weighted by Crippen LogP contribution is 2.31. The number of amides is 4. The van der Waals surface area contributed by atoms with Crippen LogP contribution in [0, 0.1) is 10.1 Å². The number of carbonyl (C=O) groups is 4. The fourth-order valence-corrected chi connectivity index (χ4v) is 3.59. The first-order chi connectivity index (χ1) is 18.3. The summed E-state index contributed by atoms with van der Waals surface area (Å²) in [5.41, 5.74) is 0.274. The van der Waals surface area contributed by atoms with Gasteiger partial charge in [-0.25, -0.2) is 14.5 Å². The predicted molar refractivity (Wildman–Crippen MR) is 136 cm³/mol. The molecule has 0 spiro atoms. The minimum absolute atomic E-state index is 0.0371. The number of para-hydroxylation sites is 3. The third-order valence-electron chi connectivity index (χ3n) is 5.35. The van der Waals surface area contributed by atoms with Crippen LogP contribution in [0.25, 0.3) is 12.2 Å². The van der Waals surface area contributed by atoms with Crippen molar-refractivity contribution in [3.8, 4) is 11.5 Å². The normalized spacial score (nSPS) is 14.5. The second kappa shape index (κ2) is 11.0. The standard InChI is InChI=1S/C27H19N3O8/c1-37-23-12-5-3-10-21(23)29-26(33)20(25(32)28-27(29)34)16-18-8-2-4-11-22(18)38-24(31)14-13-17-7-6-9-19(15-17)30(35)36/h2-16H,1H3,(H,28,32,34)/b14-13+,20-16-. The molecule has 1 aliphatic rings. The van der Waals surface area contributed by atoms with Gasteiger partial charge in [-0.2, -0.15) is 0 Å². The number of hydrogen-bond acceptors (Lipinski definition) is 8. The van der Waals surface area contributed by atoms with E-state index in [9.17, 15) is 29.3 Å². The van der Waals surface area contributed by atoms with Crippen LogP contribution in [-0.4, -0.2) is 35.8 Å². The van der Waals surface area contributed by atoms with Crippen molar-refractivity contribution in [3.63, 3.8) is 0 Å². The summed E-state index contributed by atoms with van der Waals surface area (Å²) in [4.78, 5) is 61.9. The second-order valence-corrected chi connectivity index (χ2v) is 7.77. The monoisotopic (exact) mass is 513 g/mol. The number of hydrogen-bond donors (Lipinski definition) is 1. The smallest absolute Gasteiger partial charge is 0.336 e. The first-order valence-corrected chi connectivity index (χ1v) is 11.1. The summed E-state index contributed by atoms with van der Waals surface area (Å²) in [5.74, 6) is -2.33. The lowest BCUT2D eigenvalue weighted by Gasteiger charge is -2.27. The molecule has 190 valence electrons. The second-order valence-electron chi connectivity index (χ2n) is 7.77. The maximum absolute atomic E-state index is 13.2. The van der Waals surface area contributed by atoms with E-state index in [0.717, 1.165) is 11.0 Å². The van der Waals surface area contributed by atoms with Crippen molar-refractivity contribution in [1.82, 2.24) is 5.32 Å². The third kappa shape index (κ3) is 5.46. The van der Waals surface area contributed by atoms with Crippen LogP contribution in [0.1, 0.15) is 11.1 Å². The largest absolute Gasteiger partial charge is 0.495 e. The van der Waals surface area contributed by atoms with Gasteiger partial charge in [0.15, 0.2) is 0 Å². The molecule has 1 heterocycles. The van der Waals surface area contributed by atoms with Crippen LogP contribution in [0.2, 0.25) is 0 Å². The van der Waals surface area contributed by atoms with Gasteiger partial charge < -0.3 is 9.47 Å². The molecule has 3 aromatic rings. The van der Waals surface area contributed by atoms with Crippen LogP contribution in [0.15, 0.2) is 84.4 Å². The summed E-state index contributed by atoms with van der Waals surface area (Å²) in [6.45, 7) is 0. The van der Waals surface area contributed by atoms with Crippen molar-refractivity contribution >= 4 is 47.3 Å². The predicted octanol–water partition coefficient (Wildman–Crippen LogP) is 3.89. The minimum atomic E-state index is -0.937. The van der Waals surface area contributed by atoms with E-state index in [1.165, 1.54) is 55.7 Å². The van der Waals surface area contributed by atoms with Gasteiger partial charge in [-0.3, -0.25) is 25.0 Å². The van der Waals surface area contributed by atoms with E-state index < -0.39 is 28.7 Å². The molecule has 1 saturated heterocycles. The van der Waals surface area contributed by atoms with E-state index in [1.54, 1.807) is 36.4 Å². The zero-order valence-electron chi connectivity index (χ0n) is 19.8. The fourth-order valence-electron chi connectivity index (χ4n) is 3.59. The molecule has 0 unspecified atom stereocenters. The number of barbiturate groups is 1. The molecule has 4 amide bonds. The van der Waals surface area contributed by atoms with Gasteiger partial charge in [-0.05, 0) is 35.9 Å². The average Bonchev–Trinajstić information content (AvgIpc) is 2.91. The highest BCUT2D eigenvalue weighted by Gasteiger charge is 2.38. The molecule has 4 rings (SSSR count). The number of nitro benzene ring substituents is 1. The molecule has 0 atom stereocenters. The number of urea groups is 1.